The first-order valence-corrected chi connectivity index (χ1v) is 8.70. The van der Waals surface area contributed by atoms with Gasteiger partial charge in [0.2, 0.25) is 0 Å². The van der Waals surface area contributed by atoms with Crippen LogP contribution in [0.1, 0.15) is 29.0 Å². The third kappa shape index (κ3) is 3.35. The maximum absolute atomic E-state index is 10.3. The maximum Gasteiger partial charge on any atom is 0.122 e. The van der Waals surface area contributed by atoms with Crippen LogP contribution >= 0.6 is 11.3 Å². The van der Waals surface area contributed by atoms with Crippen LogP contribution in [0.2, 0.25) is 0 Å². The molecule has 3 nitrogen and oxygen atoms in total. The molecule has 1 aliphatic rings. The van der Waals surface area contributed by atoms with Crippen LogP contribution in [0.25, 0.3) is 0 Å². The fraction of sp³-hybridized carbons (Fsp3) is 0.444. The largest absolute Gasteiger partial charge is 0.491 e. The fourth-order valence-corrected chi connectivity index (χ4v) is 4.00. The standard InChI is InChI=1S/C18H23NO2S/c1-13-5-3-4-6-17(13)21-12-15(20)11-19-9-7-18-16(14(19)2)8-10-22-18/h3-6,8,10,14-15,20H,7,9,11-12H2,1-2H3/t14-,15+/m1/s1. The Morgan fingerprint density at radius 3 is 3.00 bits per heavy atom. The molecule has 1 aromatic heterocycles. The number of benzene rings is 1. The van der Waals surface area contributed by atoms with Crippen molar-refractivity contribution in [3.8, 4) is 5.75 Å². The molecule has 0 fully saturated rings. The summed E-state index contributed by atoms with van der Waals surface area (Å²) in [5.41, 5.74) is 2.52. The van der Waals surface area contributed by atoms with Crippen LogP contribution in [-0.4, -0.2) is 35.8 Å². The van der Waals surface area contributed by atoms with E-state index in [1.54, 1.807) is 0 Å². The zero-order valence-corrected chi connectivity index (χ0v) is 14.0. The Hall–Kier alpha value is -1.36. The molecule has 118 valence electrons. The van der Waals surface area contributed by atoms with Crippen molar-refractivity contribution in [2.75, 3.05) is 19.7 Å². The van der Waals surface area contributed by atoms with Crippen molar-refractivity contribution in [1.29, 1.82) is 0 Å². The molecule has 0 unspecified atom stereocenters. The molecule has 0 saturated carbocycles. The number of para-hydroxylation sites is 1. The quantitative estimate of drug-likeness (QED) is 0.917. The minimum Gasteiger partial charge on any atom is -0.491 e. The lowest BCUT2D eigenvalue weighted by atomic mass is 10.0. The van der Waals surface area contributed by atoms with Crippen LogP contribution in [0.5, 0.6) is 5.75 Å². The van der Waals surface area contributed by atoms with Gasteiger partial charge in [0.1, 0.15) is 18.5 Å². The van der Waals surface area contributed by atoms with Gasteiger partial charge in [0.15, 0.2) is 0 Å². The number of β-amino-alcohol motifs (C(OH)–C–C–N with tert-alkyl or cyclic N) is 1. The summed E-state index contributed by atoms with van der Waals surface area (Å²) in [6.07, 6.45) is 0.616. The molecule has 0 bridgehead atoms. The van der Waals surface area contributed by atoms with Crippen molar-refractivity contribution >= 4 is 11.3 Å². The van der Waals surface area contributed by atoms with E-state index in [4.69, 9.17) is 4.74 Å². The van der Waals surface area contributed by atoms with Gasteiger partial charge in [-0.3, -0.25) is 4.90 Å². The molecule has 2 heterocycles. The Morgan fingerprint density at radius 1 is 1.36 bits per heavy atom. The van der Waals surface area contributed by atoms with Crippen molar-refractivity contribution < 1.29 is 9.84 Å². The van der Waals surface area contributed by atoms with Gasteiger partial charge >= 0.3 is 0 Å². The van der Waals surface area contributed by atoms with Crippen LogP contribution < -0.4 is 4.74 Å². The molecule has 22 heavy (non-hydrogen) atoms. The van der Waals surface area contributed by atoms with Crippen LogP contribution in [0.15, 0.2) is 35.7 Å². The average Bonchev–Trinajstić information content (AvgIpc) is 2.99. The number of thiophene rings is 1. The molecule has 1 aromatic carbocycles. The molecule has 0 amide bonds. The normalized spacial score (nSPS) is 19.7. The molecular weight excluding hydrogens is 294 g/mol. The Labute approximate surface area is 136 Å². The number of aliphatic hydroxyl groups excluding tert-OH is 1. The zero-order chi connectivity index (χ0) is 15.5. The first-order chi connectivity index (χ1) is 10.6. The van der Waals surface area contributed by atoms with Gasteiger partial charge in [0.05, 0.1) is 0 Å². The van der Waals surface area contributed by atoms with Crippen LogP contribution in [0, 0.1) is 6.92 Å². The first kappa shape index (κ1) is 15.5. The minimum absolute atomic E-state index is 0.338. The molecule has 1 aliphatic heterocycles. The van der Waals surface area contributed by atoms with Gasteiger partial charge in [-0.1, -0.05) is 18.2 Å². The maximum atomic E-state index is 10.3. The fourth-order valence-electron chi connectivity index (χ4n) is 3.04. The highest BCUT2D eigenvalue weighted by Crippen LogP contribution is 2.32. The number of hydrogen-bond acceptors (Lipinski definition) is 4. The second kappa shape index (κ2) is 6.82. The van der Waals surface area contributed by atoms with Crippen LogP contribution in [0.4, 0.5) is 0 Å². The average molecular weight is 317 g/mol. The van der Waals surface area contributed by atoms with Gasteiger partial charge in [0.25, 0.3) is 0 Å². The van der Waals surface area contributed by atoms with Gasteiger partial charge < -0.3 is 9.84 Å². The highest BCUT2D eigenvalue weighted by molar-refractivity contribution is 7.10. The summed E-state index contributed by atoms with van der Waals surface area (Å²) in [7, 11) is 0. The Balaban J connectivity index is 1.54. The second-order valence-corrected chi connectivity index (χ2v) is 6.95. The van der Waals surface area contributed by atoms with Crippen molar-refractivity contribution in [3.63, 3.8) is 0 Å². The van der Waals surface area contributed by atoms with Gasteiger partial charge in [-0.25, -0.2) is 0 Å². The number of nitrogens with zero attached hydrogens (tertiary/aromatic N) is 1. The highest BCUT2D eigenvalue weighted by atomic mass is 32.1. The topological polar surface area (TPSA) is 32.7 Å². The van der Waals surface area contributed by atoms with Crippen molar-refractivity contribution in [2.24, 2.45) is 0 Å². The van der Waals surface area contributed by atoms with E-state index in [9.17, 15) is 5.11 Å². The zero-order valence-electron chi connectivity index (χ0n) is 13.2. The third-order valence-electron chi connectivity index (χ3n) is 4.37. The molecule has 0 radical (unpaired) electrons. The monoisotopic (exact) mass is 317 g/mol. The summed E-state index contributed by atoms with van der Waals surface area (Å²) in [5, 5.41) is 12.5. The molecule has 2 atom stereocenters. The lowest BCUT2D eigenvalue weighted by molar-refractivity contribution is 0.0520. The van der Waals surface area contributed by atoms with Crippen LogP contribution in [-0.2, 0) is 6.42 Å². The van der Waals surface area contributed by atoms with Gasteiger partial charge in [-0.05, 0) is 48.9 Å². The van der Waals surface area contributed by atoms with E-state index in [2.05, 4.69) is 23.3 Å². The molecule has 0 aliphatic carbocycles. The van der Waals surface area contributed by atoms with Crippen molar-refractivity contribution in [2.45, 2.75) is 32.4 Å². The predicted octanol–water partition coefficient (Wildman–Crippen LogP) is 3.42. The summed E-state index contributed by atoms with van der Waals surface area (Å²) in [6, 6.07) is 10.5. The number of aryl methyl sites for hydroxylation is 1. The number of hydrogen-bond donors (Lipinski definition) is 1. The summed E-state index contributed by atoms with van der Waals surface area (Å²) in [4.78, 5) is 3.84. The molecule has 0 saturated heterocycles. The number of rotatable bonds is 5. The van der Waals surface area contributed by atoms with Crippen molar-refractivity contribution in [3.05, 3.63) is 51.7 Å². The second-order valence-electron chi connectivity index (χ2n) is 5.95. The smallest absolute Gasteiger partial charge is 0.122 e. The highest BCUT2D eigenvalue weighted by Gasteiger charge is 2.26. The first-order valence-electron chi connectivity index (χ1n) is 7.82. The molecular formula is C18H23NO2S. The van der Waals surface area contributed by atoms with E-state index >= 15 is 0 Å². The van der Waals surface area contributed by atoms with E-state index in [0.29, 0.717) is 19.2 Å². The van der Waals surface area contributed by atoms with Gasteiger partial charge in [-0.15, -0.1) is 11.3 Å². The minimum atomic E-state index is -0.470. The lowest BCUT2D eigenvalue weighted by Gasteiger charge is -2.34. The predicted molar refractivity (Wildman–Crippen MR) is 90.7 cm³/mol. The Morgan fingerprint density at radius 2 is 2.18 bits per heavy atom. The third-order valence-corrected chi connectivity index (χ3v) is 5.37. The van der Waals surface area contributed by atoms with Gasteiger partial charge in [0, 0.05) is 24.0 Å². The summed E-state index contributed by atoms with van der Waals surface area (Å²) < 4.78 is 5.76. The summed E-state index contributed by atoms with van der Waals surface area (Å²) >= 11 is 1.85. The number of aliphatic hydroxyl groups is 1. The van der Waals surface area contributed by atoms with Crippen molar-refractivity contribution in [1.82, 2.24) is 4.90 Å². The lowest BCUT2D eigenvalue weighted by Crippen LogP contribution is -2.40. The molecule has 4 heteroatoms. The summed E-state index contributed by atoms with van der Waals surface area (Å²) in [6.45, 7) is 6.25. The number of fused-ring (bicyclic) bond motifs is 1. The molecule has 3 rings (SSSR count). The van der Waals surface area contributed by atoms with Crippen LogP contribution in [0.3, 0.4) is 0 Å². The molecule has 0 spiro atoms. The number of ether oxygens (including phenoxy) is 1. The van der Waals surface area contributed by atoms with Gasteiger partial charge in [-0.2, -0.15) is 0 Å². The Kier molecular flexibility index (Phi) is 4.81. The SMILES string of the molecule is Cc1ccccc1OC[C@@H](O)CN1CCc2sccc2[C@H]1C. The molecule has 1 N–H and O–H groups in total. The van der Waals surface area contributed by atoms with E-state index in [1.807, 2.05) is 42.5 Å². The Bertz CT molecular complexity index is 625. The van der Waals surface area contributed by atoms with E-state index in [0.717, 1.165) is 24.3 Å². The van der Waals surface area contributed by atoms with E-state index in [1.165, 1.54) is 10.4 Å². The summed E-state index contributed by atoms with van der Waals surface area (Å²) in [5.74, 6) is 0.855. The molecule has 2 aromatic rings. The van der Waals surface area contributed by atoms with E-state index in [-0.39, 0.29) is 0 Å². The van der Waals surface area contributed by atoms with E-state index < -0.39 is 6.10 Å².